The van der Waals surface area contributed by atoms with E-state index in [1.54, 1.807) is 9.47 Å². The topological polar surface area (TPSA) is 125 Å². The fourth-order valence-corrected chi connectivity index (χ4v) is 6.62. The molecule has 0 bridgehead atoms. The fourth-order valence-electron chi connectivity index (χ4n) is 4.93. The van der Waals surface area contributed by atoms with E-state index in [1.807, 2.05) is 24.3 Å². The molecule has 2 aromatic rings. The van der Waals surface area contributed by atoms with E-state index >= 15 is 0 Å². The molecule has 2 amide bonds. The number of likely N-dealkylation sites (tertiary alicyclic amines) is 1. The van der Waals surface area contributed by atoms with Gasteiger partial charge in [-0.1, -0.05) is 12.1 Å². The number of aromatic nitrogens is 2. The van der Waals surface area contributed by atoms with Gasteiger partial charge in [0.05, 0.1) is 28.6 Å². The lowest BCUT2D eigenvalue weighted by Crippen LogP contribution is -2.47. The Morgan fingerprint density at radius 1 is 1.03 bits per heavy atom. The number of nitrogens with one attached hydrogen (secondary N) is 1. The van der Waals surface area contributed by atoms with Crippen LogP contribution in [0.4, 0.5) is 0 Å². The molecule has 3 aliphatic heterocycles. The fraction of sp³-hybridized carbons (Fsp3) is 0.524. The lowest BCUT2D eigenvalue weighted by Gasteiger charge is -2.34. The van der Waals surface area contributed by atoms with Gasteiger partial charge < -0.3 is 9.88 Å². The van der Waals surface area contributed by atoms with Gasteiger partial charge in [-0.2, -0.15) is 5.10 Å². The number of hydrogen-bond acceptors (Lipinski definition) is 6. The molecule has 170 valence electrons. The van der Waals surface area contributed by atoms with E-state index in [0.717, 1.165) is 11.0 Å². The SMILES string of the molecule is O=C(C1=NN(C2CCS(=O)(=O)C2)C(=O)CC1)N1CCC(n2c(=O)[nH]c3ccccc32)CC1. The lowest BCUT2D eigenvalue weighted by atomic mass is 10.0. The summed E-state index contributed by atoms with van der Waals surface area (Å²) in [5.41, 5.74) is 1.82. The zero-order chi connectivity index (χ0) is 22.5. The largest absolute Gasteiger partial charge is 0.337 e. The van der Waals surface area contributed by atoms with Crippen LogP contribution in [0.3, 0.4) is 0 Å². The third-order valence-corrected chi connectivity index (χ3v) is 8.35. The number of fused-ring (bicyclic) bond motifs is 1. The second-order valence-electron chi connectivity index (χ2n) is 8.68. The van der Waals surface area contributed by atoms with E-state index in [1.165, 1.54) is 5.01 Å². The van der Waals surface area contributed by atoms with Crippen LogP contribution >= 0.6 is 0 Å². The predicted octanol–water partition coefficient (Wildman–Crippen LogP) is 0.659. The Kier molecular flexibility index (Phi) is 5.15. The van der Waals surface area contributed by atoms with Gasteiger partial charge in [-0.25, -0.2) is 18.2 Å². The van der Waals surface area contributed by atoms with Crippen LogP contribution in [0, 0.1) is 0 Å². The van der Waals surface area contributed by atoms with Gasteiger partial charge in [-0.05, 0) is 31.4 Å². The molecule has 1 unspecified atom stereocenters. The van der Waals surface area contributed by atoms with E-state index in [0.29, 0.717) is 38.1 Å². The summed E-state index contributed by atoms with van der Waals surface area (Å²) in [6, 6.07) is 7.07. The number of piperidine rings is 1. The highest BCUT2D eigenvalue weighted by Gasteiger charge is 2.38. The zero-order valence-corrected chi connectivity index (χ0v) is 18.4. The third-order valence-electron chi connectivity index (χ3n) is 6.60. The lowest BCUT2D eigenvalue weighted by molar-refractivity contribution is -0.134. The highest BCUT2D eigenvalue weighted by molar-refractivity contribution is 7.91. The van der Waals surface area contributed by atoms with Gasteiger partial charge in [0, 0.05) is 32.0 Å². The first-order valence-corrected chi connectivity index (χ1v) is 12.7. The Labute approximate surface area is 184 Å². The first kappa shape index (κ1) is 20.9. The van der Waals surface area contributed by atoms with Crippen LogP contribution in [0.1, 0.15) is 38.1 Å². The van der Waals surface area contributed by atoms with Crippen LogP contribution in [-0.4, -0.2) is 76.0 Å². The maximum absolute atomic E-state index is 13.1. The molecule has 4 heterocycles. The summed E-state index contributed by atoms with van der Waals surface area (Å²) in [7, 11) is -3.16. The monoisotopic (exact) mass is 459 g/mol. The molecule has 1 aromatic carbocycles. The summed E-state index contributed by atoms with van der Waals surface area (Å²) in [4.78, 5) is 42.5. The van der Waals surface area contributed by atoms with Crippen LogP contribution in [0.25, 0.3) is 11.0 Å². The van der Waals surface area contributed by atoms with Crippen molar-refractivity contribution in [3.05, 3.63) is 34.7 Å². The molecule has 1 aromatic heterocycles. The van der Waals surface area contributed by atoms with Crippen molar-refractivity contribution in [3.63, 3.8) is 0 Å². The highest BCUT2D eigenvalue weighted by atomic mass is 32.2. The van der Waals surface area contributed by atoms with Crippen molar-refractivity contribution < 1.29 is 18.0 Å². The third kappa shape index (κ3) is 3.74. The Balaban J connectivity index is 1.29. The summed E-state index contributed by atoms with van der Waals surface area (Å²) in [6.07, 6.45) is 2.05. The molecule has 5 rings (SSSR count). The molecule has 11 heteroatoms. The smallest absolute Gasteiger partial charge is 0.326 e. The summed E-state index contributed by atoms with van der Waals surface area (Å²) >= 11 is 0. The Morgan fingerprint density at radius 3 is 2.50 bits per heavy atom. The number of aromatic amines is 1. The predicted molar refractivity (Wildman–Crippen MR) is 118 cm³/mol. The Morgan fingerprint density at radius 2 is 1.78 bits per heavy atom. The maximum atomic E-state index is 13.1. The quantitative estimate of drug-likeness (QED) is 0.722. The Bertz CT molecular complexity index is 1270. The maximum Gasteiger partial charge on any atom is 0.326 e. The van der Waals surface area contributed by atoms with Crippen LogP contribution in [0.5, 0.6) is 0 Å². The minimum absolute atomic E-state index is 0.00207. The second kappa shape index (κ2) is 7.88. The molecule has 32 heavy (non-hydrogen) atoms. The molecule has 3 aliphatic rings. The number of imidazole rings is 1. The number of nitrogens with zero attached hydrogens (tertiary/aromatic N) is 4. The number of carbonyl (C=O) groups is 2. The summed E-state index contributed by atoms with van der Waals surface area (Å²) in [6.45, 7) is 0.973. The van der Waals surface area contributed by atoms with Gasteiger partial charge in [-0.3, -0.25) is 14.2 Å². The second-order valence-corrected chi connectivity index (χ2v) is 10.9. The van der Waals surface area contributed by atoms with Crippen molar-refractivity contribution in [1.29, 1.82) is 0 Å². The molecule has 0 aliphatic carbocycles. The normalized spacial score (nSPS) is 24.2. The van der Waals surface area contributed by atoms with Gasteiger partial charge in [0.15, 0.2) is 9.84 Å². The van der Waals surface area contributed by atoms with Crippen LogP contribution in [-0.2, 0) is 19.4 Å². The van der Waals surface area contributed by atoms with E-state index < -0.39 is 15.9 Å². The first-order valence-electron chi connectivity index (χ1n) is 10.9. The molecule has 0 radical (unpaired) electrons. The highest BCUT2D eigenvalue weighted by Crippen LogP contribution is 2.26. The molecular weight excluding hydrogens is 434 g/mol. The van der Waals surface area contributed by atoms with Gasteiger partial charge in [0.1, 0.15) is 5.71 Å². The molecule has 2 saturated heterocycles. The van der Waals surface area contributed by atoms with Crippen molar-refractivity contribution in [2.45, 2.75) is 44.2 Å². The molecule has 0 saturated carbocycles. The molecule has 1 atom stereocenters. The number of para-hydroxylation sites is 2. The van der Waals surface area contributed by atoms with E-state index in [-0.39, 0.29) is 47.9 Å². The van der Waals surface area contributed by atoms with E-state index in [9.17, 15) is 22.8 Å². The van der Waals surface area contributed by atoms with Crippen molar-refractivity contribution in [3.8, 4) is 0 Å². The molecule has 10 nitrogen and oxygen atoms in total. The molecular formula is C21H25N5O5S. The van der Waals surface area contributed by atoms with Gasteiger partial charge in [-0.15, -0.1) is 0 Å². The van der Waals surface area contributed by atoms with E-state index in [2.05, 4.69) is 10.1 Å². The summed E-state index contributed by atoms with van der Waals surface area (Å²) in [5.74, 6) is -0.510. The number of rotatable bonds is 3. The van der Waals surface area contributed by atoms with E-state index in [4.69, 9.17) is 0 Å². The number of carbonyl (C=O) groups excluding carboxylic acids is 2. The first-order chi connectivity index (χ1) is 15.3. The van der Waals surface area contributed by atoms with Gasteiger partial charge in [0.25, 0.3) is 5.91 Å². The number of benzene rings is 1. The average Bonchev–Trinajstić information content (AvgIpc) is 3.31. The van der Waals surface area contributed by atoms with Crippen molar-refractivity contribution >= 4 is 38.4 Å². The van der Waals surface area contributed by atoms with Crippen molar-refractivity contribution in [2.24, 2.45) is 5.10 Å². The summed E-state index contributed by atoms with van der Waals surface area (Å²) in [5, 5.41) is 5.52. The number of amides is 2. The number of sulfone groups is 1. The number of hydrazone groups is 1. The standard InChI is InChI=1S/C21H25N5O5S/c27-19-6-5-17(23-26(19)15-9-12-32(30,31)13-15)20(28)24-10-7-14(8-11-24)25-18-4-2-1-3-16(18)22-21(25)29/h1-4,14-15H,5-13H2,(H,22,29). The number of hydrogen-bond donors (Lipinski definition) is 1. The van der Waals surface area contributed by atoms with Gasteiger partial charge >= 0.3 is 5.69 Å². The minimum Gasteiger partial charge on any atom is -0.337 e. The van der Waals surface area contributed by atoms with Gasteiger partial charge in [0.2, 0.25) is 5.91 Å². The Hall–Kier alpha value is -2.95. The van der Waals surface area contributed by atoms with Crippen LogP contribution in [0.2, 0.25) is 0 Å². The number of H-pyrrole nitrogens is 1. The van der Waals surface area contributed by atoms with Crippen molar-refractivity contribution in [2.75, 3.05) is 24.6 Å². The molecule has 0 spiro atoms. The molecule has 1 N–H and O–H groups in total. The zero-order valence-electron chi connectivity index (χ0n) is 17.6. The summed E-state index contributed by atoms with van der Waals surface area (Å²) < 4.78 is 25.4. The van der Waals surface area contributed by atoms with Crippen LogP contribution in [0.15, 0.2) is 34.2 Å². The van der Waals surface area contributed by atoms with Crippen LogP contribution < -0.4 is 5.69 Å². The molecule has 2 fully saturated rings. The van der Waals surface area contributed by atoms with Crippen molar-refractivity contribution in [1.82, 2.24) is 19.5 Å². The minimum atomic E-state index is -3.16. The average molecular weight is 460 g/mol.